The maximum Gasteiger partial charge on any atom is 0.272 e. The van der Waals surface area contributed by atoms with Crippen molar-refractivity contribution in [3.8, 4) is 22.4 Å². The lowest BCUT2D eigenvalue weighted by molar-refractivity contribution is 0.0956. The van der Waals surface area contributed by atoms with E-state index in [4.69, 9.17) is 4.98 Å². The van der Waals surface area contributed by atoms with Crippen LogP contribution in [0.3, 0.4) is 0 Å². The first-order chi connectivity index (χ1) is 17.4. The van der Waals surface area contributed by atoms with Gasteiger partial charge in [0.1, 0.15) is 0 Å². The minimum Gasteiger partial charge on any atom is -0.267 e. The second-order valence-electron chi connectivity index (χ2n) is 10.8. The van der Waals surface area contributed by atoms with Crippen LogP contribution in [0.1, 0.15) is 56.8 Å². The number of hydrazone groups is 1. The van der Waals surface area contributed by atoms with Crippen LogP contribution in [0.4, 0.5) is 0 Å². The van der Waals surface area contributed by atoms with Gasteiger partial charge >= 0.3 is 0 Å². The Morgan fingerprint density at radius 2 is 1.44 bits per heavy atom. The summed E-state index contributed by atoms with van der Waals surface area (Å²) >= 11 is 0. The van der Waals surface area contributed by atoms with E-state index < -0.39 is 0 Å². The van der Waals surface area contributed by atoms with E-state index in [1.165, 1.54) is 5.56 Å². The van der Waals surface area contributed by atoms with Crippen LogP contribution in [0.5, 0.6) is 0 Å². The van der Waals surface area contributed by atoms with Crippen molar-refractivity contribution in [3.63, 3.8) is 0 Å². The van der Waals surface area contributed by atoms with E-state index in [1.54, 1.807) is 0 Å². The predicted octanol–water partition coefficient (Wildman–Crippen LogP) is 7.89. The number of nitrogens with zero attached hydrogens (tertiary/aromatic N) is 2. The van der Waals surface area contributed by atoms with Gasteiger partial charge in [-0.2, -0.15) is 5.10 Å². The molecule has 1 fully saturated rings. The van der Waals surface area contributed by atoms with Crippen molar-refractivity contribution in [2.45, 2.75) is 46.5 Å². The quantitative estimate of drug-likeness (QED) is 0.305. The van der Waals surface area contributed by atoms with E-state index in [2.05, 4.69) is 67.7 Å². The van der Waals surface area contributed by atoms with Crippen molar-refractivity contribution in [2.75, 3.05) is 0 Å². The molecule has 1 N–H and O–H groups in total. The summed E-state index contributed by atoms with van der Waals surface area (Å²) < 4.78 is 0. The highest BCUT2D eigenvalue weighted by atomic mass is 16.2. The third kappa shape index (κ3) is 5.23. The lowest BCUT2D eigenvalue weighted by atomic mass is 9.72. The van der Waals surface area contributed by atoms with Gasteiger partial charge in [-0.25, -0.2) is 10.4 Å². The summed E-state index contributed by atoms with van der Waals surface area (Å²) in [6.07, 6.45) is 4.13. The van der Waals surface area contributed by atoms with Gasteiger partial charge in [0.25, 0.3) is 5.91 Å². The van der Waals surface area contributed by atoms with Crippen LogP contribution in [-0.2, 0) is 0 Å². The van der Waals surface area contributed by atoms with Gasteiger partial charge in [0.05, 0.1) is 16.8 Å². The lowest BCUT2D eigenvalue weighted by Crippen LogP contribution is -2.27. The van der Waals surface area contributed by atoms with Gasteiger partial charge in [0, 0.05) is 16.7 Å². The number of amides is 1. The Bertz CT molecular complexity index is 1390. The van der Waals surface area contributed by atoms with Gasteiger partial charge in [-0.15, -0.1) is 0 Å². The molecule has 3 aromatic carbocycles. The summed E-state index contributed by atoms with van der Waals surface area (Å²) in [7, 11) is 0. The molecule has 4 nitrogen and oxygen atoms in total. The molecule has 1 aliphatic carbocycles. The summed E-state index contributed by atoms with van der Waals surface area (Å²) in [6.45, 7) is 6.93. The molecule has 0 atom stereocenters. The van der Waals surface area contributed by atoms with Gasteiger partial charge in [0.2, 0.25) is 0 Å². The van der Waals surface area contributed by atoms with Gasteiger partial charge in [0.15, 0.2) is 0 Å². The van der Waals surface area contributed by atoms with Gasteiger partial charge in [-0.05, 0) is 60.3 Å². The van der Waals surface area contributed by atoms with Crippen molar-refractivity contribution in [1.82, 2.24) is 10.4 Å². The number of nitrogens with one attached hydrogen (secondary N) is 1. The summed E-state index contributed by atoms with van der Waals surface area (Å²) in [4.78, 5) is 18.2. The van der Waals surface area contributed by atoms with Crippen LogP contribution in [-0.4, -0.2) is 16.6 Å². The number of fused-ring (bicyclic) bond motifs is 1. The molecule has 0 bridgehead atoms. The Balaban J connectivity index is 1.39. The van der Waals surface area contributed by atoms with Crippen molar-refractivity contribution in [1.29, 1.82) is 0 Å². The molecule has 0 aliphatic heterocycles. The van der Waals surface area contributed by atoms with Crippen LogP contribution in [0, 0.1) is 11.3 Å². The minimum atomic E-state index is -0.193. The first-order valence-corrected chi connectivity index (χ1v) is 12.8. The van der Waals surface area contributed by atoms with Crippen molar-refractivity contribution in [3.05, 3.63) is 90.5 Å². The van der Waals surface area contributed by atoms with E-state index in [1.807, 2.05) is 48.5 Å². The van der Waals surface area contributed by atoms with Gasteiger partial charge in [-0.1, -0.05) is 93.6 Å². The van der Waals surface area contributed by atoms with E-state index in [-0.39, 0.29) is 5.91 Å². The third-order valence-corrected chi connectivity index (χ3v) is 7.35. The molecule has 1 aromatic heterocycles. The molecule has 0 saturated heterocycles. The van der Waals surface area contributed by atoms with Crippen LogP contribution >= 0.6 is 0 Å². The Labute approximate surface area is 213 Å². The Hall–Kier alpha value is -3.79. The smallest absolute Gasteiger partial charge is 0.267 e. The normalized spacial score (nSPS) is 16.1. The van der Waals surface area contributed by atoms with Crippen LogP contribution in [0.25, 0.3) is 33.3 Å². The monoisotopic (exact) mass is 475 g/mol. The van der Waals surface area contributed by atoms with Gasteiger partial charge < -0.3 is 0 Å². The second-order valence-corrected chi connectivity index (χ2v) is 10.8. The fourth-order valence-corrected chi connectivity index (χ4v) is 5.09. The number of pyridine rings is 1. The molecule has 0 spiro atoms. The topological polar surface area (TPSA) is 54.4 Å². The molecule has 1 saturated carbocycles. The number of carbonyl (C=O) groups excluding carboxylic acids is 1. The average Bonchev–Trinajstić information content (AvgIpc) is 2.91. The number of benzene rings is 3. The number of aromatic nitrogens is 1. The van der Waals surface area contributed by atoms with E-state index >= 15 is 0 Å². The fraction of sp³-hybridized carbons (Fsp3) is 0.281. The number of hydrogen-bond acceptors (Lipinski definition) is 3. The zero-order chi connectivity index (χ0) is 25.1. The Morgan fingerprint density at radius 3 is 2.14 bits per heavy atom. The molecule has 0 unspecified atom stereocenters. The number of para-hydroxylation sites is 1. The minimum absolute atomic E-state index is 0.193. The summed E-state index contributed by atoms with van der Waals surface area (Å²) in [5.74, 6) is 0.508. The highest BCUT2D eigenvalue weighted by Crippen LogP contribution is 2.37. The largest absolute Gasteiger partial charge is 0.272 e. The number of carbonyl (C=O) groups is 1. The predicted molar refractivity (Wildman–Crippen MR) is 149 cm³/mol. The van der Waals surface area contributed by atoms with Crippen molar-refractivity contribution in [2.24, 2.45) is 16.4 Å². The SMILES string of the molecule is CC(C)(C)C1CCC(=NNC(=O)c2cc(-c3ccc(-c4ccccc4)cc3)nc3ccccc23)CC1. The summed E-state index contributed by atoms with van der Waals surface area (Å²) in [6, 6.07) is 28.3. The Morgan fingerprint density at radius 1 is 0.833 bits per heavy atom. The van der Waals surface area contributed by atoms with Crippen LogP contribution in [0.15, 0.2) is 90.0 Å². The first kappa shape index (κ1) is 23.9. The molecular formula is C32H33N3O. The molecule has 4 aromatic rings. The molecule has 182 valence electrons. The lowest BCUT2D eigenvalue weighted by Gasteiger charge is -2.34. The molecule has 0 radical (unpaired) electrons. The van der Waals surface area contributed by atoms with Crippen LogP contribution < -0.4 is 5.43 Å². The molecule has 1 amide bonds. The molecule has 5 rings (SSSR count). The van der Waals surface area contributed by atoms with Gasteiger partial charge in [-0.3, -0.25) is 4.79 Å². The second kappa shape index (κ2) is 10.1. The highest BCUT2D eigenvalue weighted by Gasteiger charge is 2.28. The summed E-state index contributed by atoms with van der Waals surface area (Å²) in [5, 5.41) is 5.36. The zero-order valence-electron chi connectivity index (χ0n) is 21.3. The highest BCUT2D eigenvalue weighted by molar-refractivity contribution is 6.07. The first-order valence-electron chi connectivity index (χ1n) is 12.8. The van der Waals surface area contributed by atoms with Crippen LogP contribution in [0.2, 0.25) is 0 Å². The number of rotatable bonds is 4. The summed E-state index contributed by atoms with van der Waals surface area (Å²) in [5.41, 5.74) is 9.71. The number of hydrogen-bond donors (Lipinski definition) is 1. The average molecular weight is 476 g/mol. The molecule has 4 heteroatoms. The van der Waals surface area contributed by atoms with E-state index in [0.717, 1.165) is 59.1 Å². The maximum absolute atomic E-state index is 13.3. The zero-order valence-corrected chi connectivity index (χ0v) is 21.3. The fourth-order valence-electron chi connectivity index (χ4n) is 5.09. The van der Waals surface area contributed by atoms with Crippen molar-refractivity contribution < 1.29 is 4.79 Å². The molecular weight excluding hydrogens is 442 g/mol. The molecule has 36 heavy (non-hydrogen) atoms. The maximum atomic E-state index is 13.3. The molecule has 1 aliphatic rings. The van der Waals surface area contributed by atoms with E-state index in [9.17, 15) is 4.79 Å². The Kier molecular flexibility index (Phi) is 6.69. The third-order valence-electron chi connectivity index (χ3n) is 7.35. The molecule has 1 heterocycles. The van der Waals surface area contributed by atoms with Crippen molar-refractivity contribution >= 4 is 22.5 Å². The van der Waals surface area contributed by atoms with E-state index in [0.29, 0.717) is 16.9 Å². The standard InChI is InChI=1S/C32H33N3O/c1-32(2,3)25-17-19-26(20-18-25)34-35-31(36)28-21-30(33-29-12-8-7-11-27(28)29)24-15-13-23(14-16-24)22-9-5-4-6-10-22/h4-16,21,25H,17-20H2,1-3H3,(H,35,36).